The van der Waals surface area contributed by atoms with Gasteiger partial charge in [-0.2, -0.15) is 5.10 Å². The van der Waals surface area contributed by atoms with Gasteiger partial charge in [0.2, 0.25) is 0 Å². The van der Waals surface area contributed by atoms with Crippen LogP contribution in [0.25, 0.3) is 10.9 Å². The summed E-state index contributed by atoms with van der Waals surface area (Å²) < 4.78 is 2.50. The predicted octanol–water partition coefficient (Wildman–Crippen LogP) is 4.92. The Labute approximate surface area is 190 Å². The number of hydrazone groups is 1. The second-order valence-electron chi connectivity index (χ2n) is 9.53. The van der Waals surface area contributed by atoms with Crippen molar-refractivity contribution in [3.63, 3.8) is 0 Å². The summed E-state index contributed by atoms with van der Waals surface area (Å²) in [6.07, 6.45) is 5.14. The minimum atomic E-state index is -0.0485. The summed E-state index contributed by atoms with van der Waals surface area (Å²) in [4.78, 5) is 15.0. The first-order valence-electron chi connectivity index (χ1n) is 11.8. The maximum Gasteiger partial charge on any atom is 0.254 e. The summed E-state index contributed by atoms with van der Waals surface area (Å²) in [6.45, 7) is 8.74. The first kappa shape index (κ1) is 21.0. The van der Waals surface area contributed by atoms with Gasteiger partial charge in [-0.25, -0.2) is 5.43 Å². The summed E-state index contributed by atoms with van der Waals surface area (Å²) in [5.41, 5.74) is 10.6. The zero-order chi connectivity index (χ0) is 22.2. The highest BCUT2D eigenvalue weighted by Gasteiger charge is 2.35. The Morgan fingerprint density at radius 2 is 2.00 bits per heavy atom. The molecule has 3 aromatic rings. The summed E-state index contributed by atoms with van der Waals surface area (Å²) in [5, 5.41) is 5.60. The fourth-order valence-electron chi connectivity index (χ4n) is 5.35. The Balaban J connectivity index is 1.28. The standard InChI is InChI=1S/C27H32N4O/c1-18(2)21-10-8-20(9-11-21)16-28-29-26(32)17-30-13-14-31-24-12-7-19(3)15-23(24)22-5-4-6-25(30)27(22)31/h7-12,15-16,18,25H,4-6,13-14,17H2,1-3H3,(H,29,32)/b28-16-/t25-/m1/s1. The molecule has 1 aliphatic heterocycles. The zero-order valence-electron chi connectivity index (χ0n) is 19.3. The van der Waals surface area contributed by atoms with Crippen molar-refractivity contribution in [3.05, 3.63) is 70.4 Å². The van der Waals surface area contributed by atoms with Gasteiger partial charge in [0, 0.05) is 29.7 Å². The van der Waals surface area contributed by atoms with E-state index in [2.05, 4.69) is 71.1 Å². The van der Waals surface area contributed by atoms with E-state index >= 15 is 0 Å². The third kappa shape index (κ3) is 3.86. The van der Waals surface area contributed by atoms with Crippen molar-refractivity contribution in [2.45, 2.75) is 58.5 Å². The van der Waals surface area contributed by atoms with Gasteiger partial charge in [0.15, 0.2) is 0 Å². The molecule has 0 radical (unpaired) electrons. The van der Waals surface area contributed by atoms with Crippen LogP contribution in [0.15, 0.2) is 47.6 Å². The summed E-state index contributed by atoms with van der Waals surface area (Å²) in [6, 6.07) is 15.4. The molecule has 0 spiro atoms. The number of nitrogens with zero attached hydrogens (tertiary/aromatic N) is 3. The summed E-state index contributed by atoms with van der Waals surface area (Å²) in [5.74, 6) is 0.459. The molecule has 5 nitrogen and oxygen atoms in total. The van der Waals surface area contributed by atoms with E-state index in [0.29, 0.717) is 18.5 Å². The summed E-state index contributed by atoms with van der Waals surface area (Å²) in [7, 11) is 0. The van der Waals surface area contributed by atoms with Gasteiger partial charge in [-0.05, 0) is 60.9 Å². The molecule has 166 valence electrons. The molecule has 1 aliphatic carbocycles. The molecule has 1 aromatic heterocycles. The Morgan fingerprint density at radius 1 is 1.19 bits per heavy atom. The number of nitrogens with one attached hydrogen (secondary N) is 1. The molecule has 32 heavy (non-hydrogen) atoms. The molecule has 0 saturated heterocycles. The second kappa shape index (κ2) is 8.55. The monoisotopic (exact) mass is 428 g/mol. The van der Waals surface area contributed by atoms with Crippen LogP contribution in [0.3, 0.4) is 0 Å². The number of aromatic nitrogens is 1. The highest BCUT2D eigenvalue weighted by Crippen LogP contribution is 2.42. The topological polar surface area (TPSA) is 49.6 Å². The largest absolute Gasteiger partial charge is 0.342 e. The number of hydrogen-bond donors (Lipinski definition) is 1. The molecule has 1 atom stereocenters. The predicted molar refractivity (Wildman–Crippen MR) is 130 cm³/mol. The quantitative estimate of drug-likeness (QED) is 0.463. The van der Waals surface area contributed by atoms with E-state index in [0.717, 1.165) is 31.5 Å². The normalized spacial score (nSPS) is 18.4. The van der Waals surface area contributed by atoms with Crippen LogP contribution in [0.2, 0.25) is 0 Å². The molecular weight excluding hydrogens is 396 g/mol. The van der Waals surface area contributed by atoms with E-state index in [1.807, 2.05) is 12.1 Å². The van der Waals surface area contributed by atoms with E-state index in [4.69, 9.17) is 0 Å². The van der Waals surface area contributed by atoms with Gasteiger partial charge in [0.25, 0.3) is 5.91 Å². The van der Waals surface area contributed by atoms with Crippen LogP contribution < -0.4 is 5.43 Å². The molecule has 2 aliphatic rings. The highest BCUT2D eigenvalue weighted by atomic mass is 16.2. The van der Waals surface area contributed by atoms with Gasteiger partial charge < -0.3 is 4.57 Å². The third-order valence-electron chi connectivity index (χ3n) is 6.99. The van der Waals surface area contributed by atoms with Crippen molar-refractivity contribution in [3.8, 4) is 0 Å². The van der Waals surface area contributed by atoms with Crippen LogP contribution in [-0.4, -0.2) is 34.7 Å². The zero-order valence-corrected chi connectivity index (χ0v) is 19.3. The van der Waals surface area contributed by atoms with Crippen molar-refractivity contribution < 1.29 is 4.79 Å². The number of aryl methyl sites for hydroxylation is 2. The SMILES string of the molecule is Cc1ccc2c(c1)c1c3n2CCN(CC(=O)N/N=C\c2ccc(C(C)C)cc2)[C@@H]3CCC1. The molecular formula is C27H32N4O. The number of hydrogen-bond acceptors (Lipinski definition) is 3. The van der Waals surface area contributed by atoms with Gasteiger partial charge >= 0.3 is 0 Å². The van der Waals surface area contributed by atoms with Crippen molar-refractivity contribution in [1.29, 1.82) is 0 Å². The van der Waals surface area contributed by atoms with Crippen molar-refractivity contribution >= 4 is 23.0 Å². The maximum atomic E-state index is 12.7. The second-order valence-corrected chi connectivity index (χ2v) is 9.53. The fourth-order valence-corrected chi connectivity index (χ4v) is 5.35. The van der Waals surface area contributed by atoms with Crippen molar-refractivity contribution in [1.82, 2.24) is 14.9 Å². The molecule has 0 bridgehead atoms. The van der Waals surface area contributed by atoms with E-state index < -0.39 is 0 Å². The van der Waals surface area contributed by atoms with Crippen LogP contribution in [0.4, 0.5) is 0 Å². The van der Waals surface area contributed by atoms with E-state index in [1.165, 1.54) is 39.7 Å². The van der Waals surface area contributed by atoms with E-state index in [-0.39, 0.29) is 5.91 Å². The first-order valence-corrected chi connectivity index (χ1v) is 11.8. The number of benzene rings is 2. The molecule has 2 aromatic carbocycles. The number of carbonyl (C=O) groups is 1. The molecule has 0 unspecified atom stereocenters. The molecule has 2 heterocycles. The van der Waals surface area contributed by atoms with Crippen molar-refractivity contribution in [2.24, 2.45) is 5.10 Å². The minimum Gasteiger partial charge on any atom is -0.342 e. The van der Waals surface area contributed by atoms with Crippen LogP contribution >= 0.6 is 0 Å². The Morgan fingerprint density at radius 3 is 2.78 bits per heavy atom. The van der Waals surface area contributed by atoms with Gasteiger partial charge in [0.05, 0.1) is 18.8 Å². The molecule has 5 rings (SSSR count). The van der Waals surface area contributed by atoms with Crippen LogP contribution in [0, 0.1) is 6.92 Å². The summed E-state index contributed by atoms with van der Waals surface area (Å²) >= 11 is 0. The van der Waals surface area contributed by atoms with Gasteiger partial charge in [-0.15, -0.1) is 0 Å². The fraction of sp³-hybridized carbons (Fsp3) is 0.407. The number of carbonyl (C=O) groups excluding carboxylic acids is 1. The van der Waals surface area contributed by atoms with Crippen molar-refractivity contribution in [2.75, 3.05) is 13.1 Å². The molecule has 5 heteroatoms. The van der Waals surface area contributed by atoms with E-state index in [9.17, 15) is 4.79 Å². The number of fused-ring (bicyclic) bond motifs is 3. The lowest BCUT2D eigenvalue weighted by Crippen LogP contribution is -2.44. The highest BCUT2D eigenvalue weighted by molar-refractivity contribution is 5.87. The molecule has 1 amide bonds. The molecule has 1 N–H and O–H groups in total. The molecule has 0 saturated carbocycles. The van der Waals surface area contributed by atoms with Crippen LogP contribution in [-0.2, 0) is 17.8 Å². The van der Waals surface area contributed by atoms with Crippen LogP contribution in [0.1, 0.15) is 66.6 Å². The third-order valence-corrected chi connectivity index (χ3v) is 6.99. The number of amides is 1. The lowest BCUT2D eigenvalue weighted by atomic mass is 9.89. The first-order chi connectivity index (χ1) is 15.5. The lowest BCUT2D eigenvalue weighted by molar-refractivity contribution is -0.123. The smallest absolute Gasteiger partial charge is 0.254 e. The van der Waals surface area contributed by atoms with Gasteiger partial charge in [-0.3, -0.25) is 9.69 Å². The Hall–Kier alpha value is -2.92. The number of rotatable bonds is 5. The lowest BCUT2D eigenvalue weighted by Gasteiger charge is -2.39. The minimum absolute atomic E-state index is 0.0485. The van der Waals surface area contributed by atoms with E-state index in [1.54, 1.807) is 6.21 Å². The molecule has 0 fully saturated rings. The maximum absolute atomic E-state index is 12.7. The Kier molecular flexibility index (Phi) is 5.60. The van der Waals surface area contributed by atoms with Gasteiger partial charge in [0.1, 0.15) is 0 Å². The van der Waals surface area contributed by atoms with Crippen LogP contribution in [0.5, 0.6) is 0 Å². The average Bonchev–Trinajstić information content (AvgIpc) is 3.10. The Bertz CT molecular complexity index is 1170. The average molecular weight is 429 g/mol. The van der Waals surface area contributed by atoms with Gasteiger partial charge in [-0.1, -0.05) is 49.7 Å².